The molecule has 0 unspecified atom stereocenters. The fraction of sp³-hybridized carbons (Fsp3) is 0.273. The Kier molecular flexibility index (Phi) is 7.44. The predicted octanol–water partition coefficient (Wildman–Crippen LogP) is 4.12. The minimum atomic E-state index is 0.557. The van der Waals surface area contributed by atoms with Gasteiger partial charge in [-0.25, -0.2) is 9.98 Å². The van der Waals surface area contributed by atoms with Gasteiger partial charge in [0.15, 0.2) is 5.96 Å². The van der Waals surface area contributed by atoms with Gasteiger partial charge in [-0.15, -0.1) is 11.3 Å². The van der Waals surface area contributed by atoms with Crippen LogP contribution in [0.1, 0.15) is 18.2 Å². The molecule has 0 aliphatic carbocycles. The van der Waals surface area contributed by atoms with Crippen molar-refractivity contribution in [2.24, 2.45) is 4.99 Å². The molecule has 146 valence electrons. The molecule has 0 spiro atoms. The number of hydrogen-bond acceptors (Lipinski definition) is 4. The molecule has 1 aromatic heterocycles. The summed E-state index contributed by atoms with van der Waals surface area (Å²) < 4.78 is 5.20. The number of aliphatic imine (C=N–C) groups is 1. The second-order valence-electron chi connectivity index (χ2n) is 6.23. The molecule has 1 heterocycles. The van der Waals surface area contributed by atoms with Gasteiger partial charge in [-0.3, -0.25) is 0 Å². The van der Waals surface area contributed by atoms with E-state index in [0.29, 0.717) is 6.54 Å². The smallest absolute Gasteiger partial charge is 0.191 e. The summed E-state index contributed by atoms with van der Waals surface area (Å²) in [5.74, 6) is 1.69. The molecule has 0 bridgehead atoms. The van der Waals surface area contributed by atoms with Crippen molar-refractivity contribution >= 4 is 17.3 Å². The van der Waals surface area contributed by atoms with Gasteiger partial charge < -0.3 is 15.4 Å². The number of nitrogens with one attached hydrogen (secondary N) is 2. The van der Waals surface area contributed by atoms with Gasteiger partial charge in [0, 0.05) is 24.0 Å². The van der Waals surface area contributed by atoms with Gasteiger partial charge in [0.1, 0.15) is 10.8 Å². The van der Waals surface area contributed by atoms with Crippen LogP contribution < -0.4 is 15.4 Å². The number of ether oxygens (including phenoxy) is 1. The highest BCUT2D eigenvalue weighted by molar-refractivity contribution is 7.13. The van der Waals surface area contributed by atoms with Crippen LogP contribution in [0.25, 0.3) is 10.6 Å². The van der Waals surface area contributed by atoms with Crippen molar-refractivity contribution < 1.29 is 4.74 Å². The summed E-state index contributed by atoms with van der Waals surface area (Å²) in [6, 6.07) is 18.4. The molecule has 0 amide bonds. The molecule has 0 radical (unpaired) electrons. The van der Waals surface area contributed by atoms with Crippen molar-refractivity contribution in [1.82, 2.24) is 15.6 Å². The zero-order valence-corrected chi connectivity index (χ0v) is 17.1. The van der Waals surface area contributed by atoms with Crippen LogP contribution in [0, 0.1) is 0 Å². The third-order valence-corrected chi connectivity index (χ3v) is 5.12. The molecule has 0 atom stereocenters. The SMILES string of the molecule is CCNC(=NCc1csc(-c2ccccc2)n1)NCCc1ccc(OC)cc1. The van der Waals surface area contributed by atoms with E-state index in [1.165, 1.54) is 5.56 Å². The lowest BCUT2D eigenvalue weighted by atomic mass is 10.1. The monoisotopic (exact) mass is 394 g/mol. The number of rotatable bonds is 8. The average molecular weight is 395 g/mol. The minimum absolute atomic E-state index is 0.557. The normalized spacial score (nSPS) is 11.3. The maximum atomic E-state index is 5.20. The quantitative estimate of drug-likeness (QED) is 0.446. The molecule has 0 aliphatic rings. The number of benzene rings is 2. The largest absolute Gasteiger partial charge is 0.497 e. The van der Waals surface area contributed by atoms with E-state index < -0.39 is 0 Å². The van der Waals surface area contributed by atoms with E-state index in [0.717, 1.165) is 47.5 Å². The molecule has 0 saturated carbocycles. The third-order valence-electron chi connectivity index (χ3n) is 4.18. The van der Waals surface area contributed by atoms with E-state index >= 15 is 0 Å². The lowest BCUT2D eigenvalue weighted by Gasteiger charge is -2.11. The fourth-order valence-electron chi connectivity index (χ4n) is 2.71. The molecular formula is C22H26N4OS. The Morgan fingerprint density at radius 1 is 1.07 bits per heavy atom. The maximum Gasteiger partial charge on any atom is 0.191 e. The molecule has 0 saturated heterocycles. The lowest BCUT2D eigenvalue weighted by molar-refractivity contribution is 0.414. The van der Waals surface area contributed by atoms with Crippen LogP contribution in [0.3, 0.4) is 0 Å². The highest BCUT2D eigenvalue weighted by Crippen LogP contribution is 2.23. The molecule has 5 nitrogen and oxygen atoms in total. The molecule has 6 heteroatoms. The van der Waals surface area contributed by atoms with Gasteiger partial charge in [-0.05, 0) is 31.0 Å². The van der Waals surface area contributed by atoms with Crippen molar-refractivity contribution in [2.75, 3.05) is 20.2 Å². The van der Waals surface area contributed by atoms with E-state index in [1.807, 2.05) is 30.3 Å². The molecule has 2 N–H and O–H groups in total. The van der Waals surface area contributed by atoms with Crippen molar-refractivity contribution in [3.8, 4) is 16.3 Å². The highest BCUT2D eigenvalue weighted by Gasteiger charge is 2.05. The van der Waals surface area contributed by atoms with E-state index in [9.17, 15) is 0 Å². The first kappa shape index (κ1) is 19.9. The summed E-state index contributed by atoms with van der Waals surface area (Å²) in [5.41, 5.74) is 3.39. The number of methoxy groups -OCH3 is 1. The van der Waals surface area contributed by atoms with Gasteiger partial charge in [0.05, 0.1) is 19.3 Å². The van der Waals surface area contributed by atoms with Crippen LogP contribution in [0.5, 0.6) is 5.75 Å². The molecule has 2 aromatic carbocycles. The fourth-order valence-corrected chi connectivity index (χ4v) is 3.53. The first-order valence-corrected chi connectivity index (χ1v) is 10.3. The molecule has 28 heavy (non-hydrogen) atoms. The van der Waals surface area contributed by atoms with Gasteiger partial charge in [0.25, 0.3) is 0 Å². The number of hydrogen-bond donors (Lipinski definition) is 2. The molecular weight excluding hydrogens is 368 g/mol. The van der Waals surface area contributed by atoms with E-state index in [1.54, 1.807) is 18.4 Å². The van der Waals surface area contributed by atoms with Crippen molar-refractivity contribution in [3.63, 3.8) is 0 Å². The van der Waals surface area contributed by atoms with Gasteiger partial charge in [-0.1, -0.05) is 42.5 Å². The zero-order chi connectivity index (χ0) is 19.6. The molecule has 0 aliphatic heterocycles. The van der Waals surface area contributed by atoms with Crippen LogP contribution in [0.15, 0.2) is 65.0 Å². The van der Waals surface area contributed by atoms with Crippen molar-refractivity contribution in [2.45, 2.75) is 19.9 Å². The number of guanidine groups is 1. The Morgan fingerprint density at radius 2 is 1.86 bits per heavy atom. The summed E-state index contributed by atoms with van der Waals surface area (Å²) in [4.78, 5) is 9.37. The summed E-state index contributed by atoms with van der Waals surface area (Å²) in [6.07, 6.45) is 0.920. The maximum absolute atomic E-state index is 5.20. The molecule has 3 rings (SSSR count). The van der Waals surface area contributed by atoms with Crippen molar-refractivity contribution in [3.05, 3.63) is 71.2 Å². The Hall–Kier alpha value is -2.86. The van der Waals surface area contributed by atoms with Crippen LogP contribution in [-0.4, -0.2) is 31.1 Å². The summed E-state index contributed by atoms with van der Waals surface area (Å²) in [6.45, 7) is 4.25. The van der Waals surface area contributed by atoms with E-state index in [-0.39, 0.29) is 0 Å². The Bertz CT molecular complexity index is 875. The highest BCUT2D eigenvalue weighted by atomic mass is 32.1. The zero-order valence-electron chi connectivity index (χ0n) is 16.3. The molecule has 0 fully saturated rings. The van der Waals surface area contributed by atoms with E-state index in [4.69, 9.17) is 9.72 Å². The first-order chi connectivity index (χ1) is 13.8. The summed E-state index contributed by atoms with van der Waals surface area (Å²) in [5, 5.41) is 9.79. The number of nitrogens with zero attached hydrogens (tertiary/aromatic N) is 2. The average Bonchev–Trinajstić information content (AvgIpc) is 3.22. The Balaban J connectivity index is 1.54. The van der Waals surface area contributed by atoms with E-state index in [2.05, 4.69) is 52.2 Å². The third kappa shape index (κ3) is 5.82. The Morgan fingerprint density at radius 3 is 2.57 bits per heavy atom. The Labute approximate surface area is 170 Å². The predicted molar refractivity (Wildman–Crippen MR) is 117 cm³/mol. The van der Waals surface area contributed by atoms with Gasteiger partial charge in [-0.2, -0.15) is 0 Å². The second-order valence-corrected chi connectivity index (χ2v) is 7.09. The number of aromatic nitrogens is 1. The first-order valence-electron chi connectivity index (χ1n) is 9.43. The van der Waals surface area contributed by atoms with Crippen LogP contribution in [0.4, 0.5) is 0 Å². The molecule has 3 aromatic rings. The van der Waals surface area contributed by atoms with Gasteiger partial charge in [0.2, 0.25) is 0 Å². The summed E-state index contributed by atoms with van der Waals surface area (Å²) in [7, 11) is 1.68. The van der Waals surface area contributed by atoms with Crippen LogP contribution in [0.2, 0.25) is 0 Å². The van der Waals surface area contributed by atoms with Crippen LogP contribution >= 0.6 is 11.3 Å². The standard InChI is InChI=1S/C22H26N4OS/c1-3-23-22(24-14-13-17-9-11-20(27-2)12-10-17)25-15-19-16-28-21(26-19)18-7-5-4-6-8-18/h4-12,16H,3,13-15H2,1-2H3,(H2,23,24,25). The number of thiazole rings is 1. The van der Waals surface area contributed by atoms with Crippen LogP contribution in [-0.2, 0) is 13.0 Å². The summed E-state index contributed by atoms with van der Waals surface area (Å²) >= 11 is 1.65. The topological polar surface area (TPSA) is 58.5 Å². The second kappa shape index (κ2) is 10.5. The minimum Gasteiger partial charge on any atom is -0.497 e. The van der Waals surface area contributed by atoms with Crippen molar-refractivity contribution in [1.29, 1.82) is 0 Å². The lowest BCUT2D eigenvalue weighted by Crippen LogP contribution is -2.38. The van der Waals surface area contributed by atoms with Gasteiger partial charge >= 0.3 is 0 Å².